The predicted octanol–water partition coefficient (Wildman–Crippen LogP) is 2.86. The van der Waals surface area contributed by atoms with Crippen molar-refractivity contribution < 1.29 is 38.8 Å². The second-order valence-electron chi connectivity index (χ2n) is 12.2. The number of fused-ring (bicyclic) bond motifs is 4. The first-order valence-corrected chi connectivity index (χ1v) is 15.8. The van der Waals surface area contributed by atoms with Gasteiger partial charge in [-0.25, -0.2) is 4.79 Å². The average Bonchev–Trinajstić information content (AvgIpc) is 3.24. The highest BCUT2D eigenvalue weighted by Gasteiger charge is 2.56. The van der Waals surface area contributed by atoms with Gasteiger partial charge in [0.1, 0.15) is 23.4 Å². The molecule has 2 fully saturated rings. The lowest BCUT2D eigenvalue weighted by molar-refractivity contribution is -0.133. The van der Waals surface area contributed by atoms with E-state index in [1.54, 1.807) is 47.4 Å². The molecule has 45 heavy (non-hydrogen) atoms. The summed E-state index contributed by atoms with van der Waals surface area (Å²) in [5.74, 6) is -1.51. The van der Waals surface area contributed by atoms with E-state index in [2.05, 4.69) is 5.32 Å². The van der Waals surface area contributed by atoms with Crippen LogP contribution in [0.15, 0.2) is 51.7 Å². The van der Waals surface area contributed by atoms with Crippen molar-refractivity contribution in [1.82, 2.24) is 10.2 Å². The Balaban J connectivity index is 1.45. The first-order chi connectivity index (χ1) is 21.9. The monoisotopic (exact) mass is 620 g/mol. The van der Waals surface area contributed by atoms with E-state index in [4.69, 9.17) is 13.9 Å². The number of carbonyl (C=O) groups is 2. The maximum absolute atomic E-state index is 14.5. The summed E-state index contributed by atoms with van der Waals surface area (Å²) in [6.45, 7) is -0.471. The van der Waals surface area contributed by atoms with E-state index < -0.39 is 41.6 Å². The molecule has 3 aliphatic rings. The van der Waals surface area contributed by atoms with Crippen LogP contribution in [0, 0.1) is 5.92 Å². The zero-order chi connectivity index (χ0) is 31.7. The Labute approximate surface area is 260 Å². The topological polar surface area (TPSA) is 159 Å². The van der Waals surface area contributed by atoms with Crippen LogP contribution in [0.1, 0.15) is 72.3 Å². The third-order valence-corrected chi connectivity index (χ3v) is 9.60. The van der Waals surface area contributed by atoms with Crippen LogP contribution in [0.2, 0.25) is 0 Å². The number of para-hydroxylation sites is 1. The Kier molecular flexibility index (Phi) is 9.11. The third-order valence-electron chi connectivity index (χ3n) is 9.60. The van der Waals surface area contributed by atoms with E-state index >= 15 is 0 Å². The molecule has 5 atom stereocenters. The number of nitrogens with zero attached hydrogens (tertiary/aromatic N) is 1. The van der Waals surface area contributed by atoms with Gasteiger partial charge in [-0.15, -0.1) is 0 Å². The fourth-order valence-electron chi connectivity index (χ4n) is 7.51. The minimum absolute atomic E-state index is 0.0388. The van der Waals surface area contributed by atoms with Gasteiger partial charge in [0.2, 0.25) is 5.91 Å². The Bertz CT molecular complexity index is 1610. The van der Waals surface area contributed by atoms with Crippen molar-refractivity contribution in [2.24, 2.45) is 5.92 Å². The molecule has 4 N–H and O–H groups in total. The van der Waals surface area contributed by atoms with Gasteiger partial charge in [0.15, 0.2) is 11.5 Å². The number of methoxy groups -OCH3 is 1. The highest BCUT2D eigenvalue weighted by atomic mass is 16.5. The third kappa shape index (κ3) is 5.80. The molecule has 2 aromatic carbocycles. The number of carbonyl (C=O) groups excluding carboxylic acids is 2. The van der Waals surface area contributed by atoms with Crippen LogP contribution in [-0.4, -0.2) is 76.6 Å². The molecule has 1 aromatic heterocycles. The molecule has 2 amide bonds. The van der Waals surface area contributed by atoms with Gasteiger partial charge in [-0.2, -0.15) is 0 Å². The molecule has 6 rings (SSSR count). The van der Waals surface area contributed by atoms with Crippen molar-refractivity contribution in [1.29, 1.82) is 0 Å². The van der Waals surface area contributed by atoms with Gasteiger partial charge in [-0.05, 0) is 49.1 Å². The van der Waals surface area contributed by atoms with E-state index in [1.807, 2.05) is 0 Å². The van der Waals surface area contributed by atoms with Crippen molar-refractivity contribution in [3.63, 3.8) is 0 Å². The van der Waals surface area contributed by atoms with Crippen LogP contribution in [0.3, 0.4) is 0 Å². The highest BCUT2D eigenvalue weighted by molar-refractivity contribution is 5.97. The smallest absolute Gasteiger partial charge is 0.349 e. The van der Waals surface area contributed by atoms with Gasteiger partial charge in [0.05, 0.1) is 32.3 Å². The number of rotatable bonds is 8. The maximum Gasteiger partial charge on any atom is 0.349 e. The number of ether oxygens (including phenoxy) is 2. The van der Waals surface area contributed by atoms with Crippen LogP contribution in [0.5, 0.6) is 11.5 Å². The normalized spacial score (nSPS) is 24.7. The molecule has 0 bridgehead atoms. The number of benzene rings is 2. The van der Waals surface area contributed by atoms with E-state index in [0.29, 0.717) is 46.4 Å². The Morgan fingerprint density at radius 1 is 1.07 bits per heavy atom. The first-order valence-electron chi connectivity index (χ1n) is 15.8. The molecule has 11 heteroatoms. The van der Waals surface area contributed by atoms with Gasteiger partial charge in [-0.1, -0.05) is 43.9 Å². The molecule has 2 heterocycles. The fraction of sp³-hybridized carbons (Fsp3) is 0.500. The van der Waals surface area contributed by atoms with Crippen molar-refractivity contribution >= 4 is 22.8 Å². The summed E-state index contributed by atoms with van der Waals surface area (Å²) >= 11 is 0. The lowest BCUT2D eigenvalue weighted by Gasteiger charge is -2.47. The van der Waals surface area contributed by atoms with Gasteiger partial charge in [0.25, 0.3) is 5.91 Å². The number of hydrogen-bond donors (Lipinski definition) is 4. The SMILES string of the molecule is COc1cc(CO)cc2c1O[C@@H]1[C@@H](O)[C@H](N(C(=O)c3cc4ccccc4oc3=O)C3CCCCCC3)CC(C(=O)NCCO)[C@H]21. The minimum Gasteiger partial charge on any atom is -0.493 e. The lowest BCUT2D eigenvalue weighted by atomic mass is 9.70. The number of aliphatic hydroxyl groups is 3. The first kappa shape index (κ1) is 31.1. The van der Waals surface area contributed by atoms with Gasteiger partial charge in [-0.3, -0.25) is 9.59 Å². The Morgan fingerprint density at radius 2 is 1.82 bits per heavy atom. The van der Waals surface area contributed by atoms with E-state index in [-0.39, 0.29) is 43.7 Å². The molecule has 1 unspecified atom stereocenters. The quantitative estimate of drug-likeness (QED) is 0.219. The lowest BCUT2D eigenvalue weighted by Crippen LogP contribution is -2.62. The molecule has 2 saturated carbocycles. The van der Waals surface area contributed by atoms with Crippen LogP contribution in [0.25, 0.3) is 11.0 Å². The predicted molar refractivity (Wildman–Crippen MR) is 164 cm³/mol. The summed E-state index contributed by atoms with van der Waals surface area (Å²) in [6.07, 6.45) is 3.16. The summed E-state index contributed by atoms with van der Waals surface area (Å²) < 4.78 is 17.5. The number of nitrogens with one attached hydrogen (secondary N) is 1. The maximum atomic E-state index is 14.5. The van der Waals surface area contributed by atoms with Crippen molar-refractivity contribution in [3.05, 3.63) is 69.6 Å². The van der Waals surface area contributed by atoms with Gasteiger partial charge in [0, 0.05) is 29.5 Å². The van der Waals surface area contributed by atoms with Crippen LogP contribution in [0.4, 0.5) is 0 Å². The molecular formula is C34H40N2O9. The van der Waals surface area contributed by atoms with E-state index in [0.717, 1.165) is 25.7 Å². The highest BCUT2D eigenvalue weighted by Crippen LogP contribution is 2.53. The summed E-state index contributed by atoms with van der Waals surface area (Å²) in [7, 11) is 1.48. The summed E-state index contributed by atoms with van der Waals surface area (Å²) in [6, 6.07) is 10.8. The Morgan fingerprint density at radius 3 is 2.53 bits per heavy atom. The van der Waals surface area contributed by atoms with Crippen molar-refractivity contribution in [2.45, 2.75) is 81.8 Å². The standard InChI is InChI=1S/C34H40N2O9/c1-43-27-15-19(18-38)14-22-28-23(32(40)35-12-13-37)17-25(29(39)31(28)45-30(22)27)36(21-9-4-2-3-5-10-21)33(41)24-16-20-8-6-7-11-26(20)44-34(24)42/h6-8,11,14-16,21,23,25,28-29,31,37-39H,2-5,9-10,12-13,17-18H2,1H3,(H,35,40)/t23?,25-,28+,29+,31+/m1/s1. The fourth-order valence-corrected chi connectivity index (χ4v) is 7.51. The molecule has 1 aliphatic heterocycles. The molecule has 0 saturated heterocycles. The van der Waals surface area contributed by atoms with Crippen LogP contribution >= 0.6 is 0 Å². The molecule has 2 aliphatic carbocycles. The van der Waals surface area contributed by atoms with Crippen molar-refractivity contribution in [3.8, 4) is 11.5 Å². The number of hydrogen-bond acceptors (Lipinski definition) is 9. The molecule has 11 nitrogen and oxygen atoms in total. The zero-order valence-corrected chi connectivity index (χ0v) is 25.3. The number of amides is 2. The molecule has 240 valence electrons. The number of aliphatic hydroxyl groups excluding tert-OH is 3. The van der Waals surface area contributed by atoms with Crippen LogP contribution in [-0.2, 0) is 11.4 Å². The molecule has 3 aromatic rings. The summed E-state index contributed by atoms with van der Waals surface area (Å²) in [4.78, 5) is 43.1. The molecular weight excluding hydrogens is 580 g/mol. The second-order valence-corrected chi connectivity index (χ2v) is 12.2. The van der Waals surface area contributed by atoms with Crippen LogP contribution < -0.4 is 20.4 Å². The van der Waals surface area contributed by atoms with Crippen molar-refractivity contribution in [2.75, 3.05) is 20.3 Å². The van der Waals surface area contributed by atoms with Gasteiger partial charge >= 0.3 is 5.63 Å². The molecule has 0 radical (unpaired) electrons. The second kappa shape index (κ2) is 13.2. The summed E-state index contributed by atoms with van der Waals surface area (Å²) in [5, 5.41) is 34.9. The Hall–Kier alpha value is -3.93. The largest absolute Gasteiger partial charge is 0.493 e. The van der Waals surface area contributed by atoms with E-state index in [1.165, 1.54) is 7.11 Å². The zero-order valence-electron chi connectivity index (χ0n) is 25.3. The minimum atomic E-state index is -1.22. The molecule has 0 spiro atoms. The van der Waals surface area contributed by atoms with E-state index in [9.17, 15) is 29.7 Å². The summed E-state index contributed by atoms with van der Waals surface area (Å²) in [5.41, 5.74) is 0.684. The average molecular weight is 621 g/mol. The van der Waals surface area contributed by atoms with Gasteiger partial charge < -0.3 is 39.4 Å².